The first-order valence-electron chi connectivity index (χ1n) is 5.53. The minimum absolute atomic E-state index is 0.0165. The predicted molar refractivity (Wildman–Crippen MR) is 62.7 cm³/mol. The van der Waals surface area contributed by atoms with Crippen molar-refractivity contribution in [2.45, 2.75) is 26.3 Å². The van der Waals surface area contributed by atoms with Crippen LogP contribution in [0.1, 0.15) is 30.8 Å². The van der Waals surface area contributed by atoms with Gasteiger partial charge in [0.05, 0.1) is 6.20 Å². The average molecular weight is 239 g/mol. The van der Waals surface area contributed by atoms with E-state index in [9.17, 15) is 9.59 Å². The average Bonchev–Trinajstić information content (AvgIpc) is 2.29. The Bertz CT molecular complexity index is 408. The fourth-order valence-corrected chi connectivity index (χ4v) is 1.44. The van der Waals surface area contributed by atoms with Crippen LogP contribution in [0.15, 0.2) is 17.2 Å². The summed E-state index contributed by atoms with van der Waals surface area (Å²) in [5, 5.41) is 8.78. The van der Waals surface area contributed by atoms with Crippen LogP contribution in [0.3, 0.4) is 0 Å². The van der Waals surface area contributed by atoms with E-state index < -0.39 is 0 Å². The summed E-state index contributed by atoms with van der Waals surface area (Å²) in [4.78, 5) is 30.7. The molecule has 1 rings (SSSR count). The van der Waals surface area contributed by atoms with Crippen molar-refractivity contribution in [3.63, 3.8) is 0 Å². The summed E-state index contributed by atoms with van der Waals surface area (Å²) in [6.07, 6.45) is 2.91. The van der Waals surface area contributed by atoms with Crippen LogP contribution in [0.4, 0.5) is 0 Å². The van der Waals surface area contributed by atoms with E-state index >= 15 is 0 Å². The standard InChI is InChI=1S/C11H17N3O3/c1-8(2)14(4-3-5-15)11(17)9-6-13-10(16)7-12-9/h6-8,15H,3-5H2,1-2H3,(H,13,16). The summed E-state index contributed by atoms with van der Waals surface area (Å²) >= 11 is 0. The third-order valence-electron chi connectivity index (χ3n) is 2.33. The van der Waals surface area contributed by atoms with Gasteiger partial charge in [-0.2, -0.15) is 0 Å². The molecule has 0 spiro atoms. The Balaban J connectivity index is 2.83. The van der Waals surface area contributed by atoms with Crippen molar-refractivity contribution in [2.75, 3.05) is 13.2 Å². The van der Waals surface area contributed by atoms with Crippen molar-refractivity contribution in [3.8, 4) is 0 Å². The summed E-state index contributed by atoms with van der Waals surface area (Å²) in [5.74, 6) is -0.246. The van der Waals surface area contributed by atoms with E-state index in [4.69, 9.17) is 5.11 Å². The van der Waals surface area contributed by atoms with Gasteiger partial charge in [0, 0.05) is 25.4 Å². The quantitative estimate of drug-likeness (QED) is 0.757. The largest absolute Gasteiger partial charge is 0.396 e. The van der Waals surface area contributed by atoms with Gasteiger partial charge in [0.2, 0.25) is 0 Å². The van der Waals surface area contributed by atoms with Crippen LogP contribution in [0.5, 0.6) is 0 Å². The summed E-state index contributed by atoms with van der Waals surface area (Å²) in [5.41, 5.74) is -0.135. The number of carbonyl (C=O) groups excluding carboxylic acids is 1. The van der Waals surface area contributed by atoms with Crippen molar-refractivity contribution < 1.29 is 9.90 Å². The molecule has 17 heavy (non-hydrogen) atoms. The molecule has 6 nitrogen and oxygen atoms in total. The maximum absolute atomic E-state index is 12.1. The number of nitrogens with zero attached hydrogens (tertiary/aromatic N) is 2. The van der Waals surface area contributed by atoms with Gasteiger partial charge < -0.3 is 15.0 Å². The third kappa shape index (κ3) is 3.67. The molecule has 1 amide bonds. The molecule has 1 heterocycles. The maximum Gasteiger partial charge on any atom is 0.274 e. The van der Waals surface area contributed by atoms with Gasteiger partial charge in [0.15, 0.2) is 0 Å². The van der Waals surface area contributed by atoms with Crippen LogP contribution in [-0.2, 0) is 0 Å². The zero-order valence-corrected chi connectivity index (χ0v) is 10.0. The predicted octanol–water partition coefficient (Wildman–Crippen LogP) is 0.00290. The molecule has 0 radical (unpaired) electrons. The molecule has 0 aliphatic rings. The number of aromatic nitrogens is 2. The van der Waals surface area contributed by atoms with E-state index in [2.05, 4.69) is 9.97 Å². The first-order chi connectivity index (χ1) is 8.06. The van der Waals surface area contributed by atoms with Gasteiger partial charge in [-0.3, -0.25) is 9.59 Å². The second-order valence-corrected chi connectivity index (χ2v) is 3.97. The first kappa shape index (κ1) is 13.4. The monoisotopic (exact) mass is 239 g/mol. The second kappa shape index (κ2) is 6.15. The van der Waals surface area contributed by atoms with E-state index in [0.29, 0.717) is 13.0 Å². The van der Waals surface area contributed by atoms with Crippen LogP contribution >= 0.6 is 0 Å². The van der Waals surface area contributed by atoms with Crippen LogP contribution in [0.25, 0.3) is 0 Å². The summed E-state index contributed by atoms with van der Waals surface area (Å²) in [6, 6.07) is 0.0165. The van der Waals surface area contributed by atoms with E-state index in [1.165, 1.54) is 6.20 Å². The molecule has 0 saturated carbocycles. The van der Waals surface area contributed by atoms with Gasteiger partial charge in [-0.15, -0.1) is 0 Å². The number of H-pyrrole nitrogens is 1. The van der Waals surface area contributed by atoms with Crippen LogP contribution < -0.4 is 5.56 Å². The minimum Gasteiger partial charge on any atom is -0.396 e. The van der Waals surface area contributed by atoms with Crippen LogP contribution in [0, 0.1) is 0 Å². The molecule has 1 aromatic heterocycles. The fraction of sp³-hybridized carbons (Fsp3) is 0.545. The van der Waals surface area contributed by atoms with Gasteiger partial charge in [0.1, 0.15) is 5.69 Å². The van der Waals surface area contributed by atoms with Gasteiger partial charge in [-0.25, -0.2) is 4.98 Å². The molecule has 0 aliphatic carbocycles. The van der Waals surface area contributed by atoms with Gasteiger partial charge >= 0.3 is 0 Å². The lowest BCUT2D eigenvalue weighted by molar-refractivity contribution is 0.0686. The number of amides is 1. The molecule has 94 valence electrons. The van der Waals surface area contributed by atoms with Gasteiger partial charge in [0.25, 0.3) is 11.5 Å². The Morgan fingerprint density at radius 3 is 2.76 bits per heavy atom. The van der Waals surface area contributed by atoms with E-state index in [-0.39, 0.29) is 29.8 Å². The highest BCUT2D eigenvalue weighted by Crippen LogP contribution is 2.05. The zero-order valence-electron chi connectivity index (χ0n) is 10.0. The van der Waals surface area contributed by atoms with Gasteiger partial charge in [-0.1, -0.05) is 0 Å². The van der Waals surface area contributed by atoms with Crippen LogP contribution in [-0.4, -0.2) is 45.1 Å². The van der Waals surface area contributed by atoms with E-state index in [1.807, 2.05) is 13.8 Å². The highest BCUT2D eigenvalue weighted by Gasteiger charge is 2.19. The maximum atomic E-state index is 12.1. The summed E-state index contributed by atoms with van der Waals surface area (Å²) in [7, 11) is 0. The number of aliphatic hydroxyl groups is 1. The third-order valence-corrected chi connectivity index (χ3v) is 2.33. The number of hydrogen-bond acceptors (Lipinski definition) is 4. The molecule has 0 aliphatic heterocycles. The molecule has 2 N–H and O–H groups in total. The van der Waals surface area contributed by atoms with E-state index in [0.717, 1.165) is 6.20 Å². The summed E-state index contributed by atoms with van der Waals surface area (Å²) < 4.78 is 0. The Morgan fingerprint density at radius 2 is 2.29 bits per heavy atom. The highest BCUT2D eigenvalue weighted by atomic mass is 16.3. The Morgan fingerprint density at radius 1 is 1.59 bits per heavy atom. The summed E-state index contributed by atoms with van der Waals surface area (Å²) in [6.45, 7) is 4.28. The molecule has 1 aromatic rings. The number of carbonyl (C=O) groups is 1. The number of aromatic amines is 1. The Kier molecular flexibility index (Phi) is 4.84. The molecule has 0 unspecified atom stereocenters. The van der Waals surface area contributed by atoms with Crippen molar-refractivity contribution >= 4 is 5.91 Å². The molecule has 0 saturated heterocycles. The lowest BCUT2D eigenvalue weighted by Crippen LogP contribution is -2.38. The second-order valence-electron chi connectivity index (χ2n) is 3.97. The molecule has 6 heteroatoms. The van der Waals surface area contributed by atoms with Crippen molar-refractivity contribution in [3.05, 3.63) is 28.4 Å². The van der Waals surface area contributed by atoms with Crippen LogP contribution in [0.2, 0.25) is 0 Å². The first-order valence-corrected chi connectivity index (χ1v) is 5.53. The lowest BCUT2D eigenvalue weighted by Gasteiger charge is -2.25. The normalized spacial score (nSPS) is 10.6. The molecule has 0 bridgehead atoms. The zero-order chi connectivity index (χ0) is 12.8. The minimum atomic E-state index is -0.340. The fourth-order valence-electron chi connectivity index (χ4n) is 1.44. The van der Waals surface area contributed by atoms with Crippen molar-refractivity contribution in [1.82, 2.24) is 14.9 Å². The SMILES string of the molecule is CC(C)N(CCCO)C(=O)c1c[nH]c(=O)cn1. The number of rotatable bonds is 5. The molecule has 0 atom stereocenters. The van der Waals surface area contributed by atoms with Crippen molar-refractivity contribution in [1.29, 1.82) is 0 Å². The lowest BCUT2D eigenvalue weighted by atomic mass is 10.2. The number of hydrogen-bond donors (Lipinski definition) is 2. The van der Waals surface area contributed by atoms with E-state index in [1.54, 1.807) is 4.90 Å². The Labute approximate surface area is 99.3 Å². The number of aliphatic hydroxyl groups excluding tert-OH is 1. The molecule has 0 aromatic carbocycles. The van der Waals surface area contributed by atoms with Crippen molar-refractivity contribution in [2.24, 2.45) is 0 Å². The molecular weight excluding hydrogens is 222 g/mol. The smallest absolute Gasteiger partial charge is 0.274 e. The highest BCUT2D eigenvalue weighted by molar-refractivity contribution is 5.92. The Hall–Kier alpha value is -1.69. The number of nitrogens with one attached hydrogen (secondary N) is 1. The molecule has 0 fully saturated rings. The molecular formula is C11H17N3O3. The topological polar surface area (TPSA) is 86.3 Å². The van der Waals surface area contributed by atoms with Gasteiger partial charge in [-0.05, 0) is 20.3 Å².